The number of nitrogens with one attached hydrogen (secondary N) is 1. The van der Waals surface area contributed by atoms with Crippen molar-refractivity contribution in [3.63, 3.8) is 0 Å². The molecule has 0 aliphatic rings. The van der Waals surface area contributed by atoms with E-state index in [2.05, 4.69) is 5.32 Å². The summed E-state index contributed by atoms with van der Waals surface area (Å²) in [5.74, 6) is 0.0542. The maximum absolute atomic E-state index is 10.7. The Labute approximate surface area is 62.0 Å². The molecule has 0 unspecified atom stereocenters. The maximum Gasteiger partial charge on any atom is 0.219 e. The molecule has 60 valence electrons. The lowest BCUT2D eigenvalue weighted by Crippen LogP contribution is -2.44. The average Bonchev–Trinajstić information content (AvgIpc) is 1.81. The van der Waals surface area contributed by atoms with Crippen molar-refractivity contribution < 1.29 is 4.79 Å². The largest absolute Gasteiger partial charge is 0.354 e. The summed E-state index contributed by atoms with van der Waals surface area (Å²) in [6, 6.07) is 0. The topological polar surface area (TPSA) is 55.1 Å². The molecule has 3 N–H and O–H groups in total. The predicted molar refractivity (Wildman–Crippen MR) is 41.6 cm³/mol. The lowest BCUT2D eigenvalue weighted by Gasteiger charge is -2.18. The highest BCUT2D eigenvalue weighted by Crippen LogP contribution is 1.92. The molecule has 0 rings (SSSR count). The van der Waals surface area contributed by atoms with Crippen molar-refractivity contribution in [2.24, 2.45) is 5.73 Å². The zero-order valence-corrected chi connectivity index (χ0v) is 6.90. The van der Waals surface area contributed by atoms with Gasteiger partial charge >= 0.3 is 0 Å². The summed E-state index contributed by atoms with van der Waals surface area (Å²) in [6.07, 6.45) is 0.524. The van der Waals surface area contributed by atoms with Crippen LogP contribution in [0, 0.1) is 0 Å². The molecule has 0 heterocycles. The summed E-state index contributed by atoms with van der Waals surface area (Å²) in [5.41, 5.74) is 5.32. The maximum atomic E-state index is 10.7. The van der Waals surface area contributed by atoms with E-state index < -0.39 is 0 Å². The van der Waals surface area contributed by atoms with Gasteiger partial charge in [-0.25, -0.2) is 0 Å². The molecule has 0 aromatic heterocycles. The van der Waals surface area contributed by atoms with Gasteiger partial charge in [0.25, 0.3) is 0 Å². The van der Waals surface area contributed by atoms with Crippen LogP contribution in [0.1, 0.15) is 27.2 Å². The van der Waals surface area contributed by atoms with Gasteiger partial charge < -0.3 is 11.1 Å². The fourth-order valence-electron chi connectivity index (χ4n) is 0.451. The molecular formula is C7H16N2O. The zero-order valence-electron chi connectivity index (χ0n) is 6.90. The molecule has 0 saturated carbocycles. The highest BCUT2D eigenvalue weighted by molar-refractivity contribution is 5.75. The third-order valence-electron chi connectivity index (χ3n) is 1.06. The molecule has 1 amide bonds. The van der Waals surface area contributed by atoms with Crippen molar-refractivity contribution in [2.75, 3.05) is 6.54 Å². The van der Waals surface area contributed by atoms with E-state index in [4.69, 9.17) is 5.73 Å². The van der Waals surface area contributed by atoms with Crippen LogP contribution < -0.4 is 11.1 Å². The van der Waals surface area contributed by atoms with Crippen LogP contribution in [-0.4, -0.2) is 18.0 Å². The fraction of sp³-hybridized carbons (Fsp3) is 0.857. The van der Waals surface area contributed by atoms with E-state index in [0.717, 1.165) is 0 Å². The molecule has 0 spiro atoms. The minimum atomic E-state index is -0.301. The number of carbonyl (C=O) groups excluding carboxylic acids is 1. The summed E-state index contributed by atoms with van der Waals surface area (Å²) >= 11 is 0. The van der Waals surface area contributed by atoms with Gasteiger partial charge in [0.15, 0.2) is 0 Å². The molecule has 0 fully saturated rings. The van der Waals surface area contributed by atoms with Crippen LogP contribution in [0.4, 0.5) is 0 Å². The molecule has 0 atom stereocenters. The zero-order chi connectivity index (χ0) is 8.20. The predicted octanol–water partition coefficient (Wildman–Crippen LogP) is 0.250. The van der Waals surface area contributed by atoms with Crippen LogP contribution in [0.25, 0.3) is 0 Å². The van der Waals surface area contributed by atoms with Crippen molar-refractivity contribution in [3.05, 3.63) is 0 Å². The molecule has 0 aliphatic carbocycles. The van der Waals surface area contributed by atoms with Crippen molar-refractivity contribution in [1.82, 2.24) is 5.32 Å². The van der Waals surface area contributed by atoms with Crippen molar-refractivity contribution in [3.8, 4) is 0 Å². The number of hydrogen-bond acceptors (Lipinski definition) is 2. The van der Waals surface area contributed by atoms with Gasteiger partial charge in [-0.3, -0.25) is 4.79 Å². The van der Waals surface area contributed by atoms with Crippen molar-refractivity contribution in [1.29, 1.82) is 0 Å². The van der Waals surface area contributed by atoms with Crippen LogP contribution in [0.15, 0.2) is 0 Å². The quantitative estimate of drug-likeness (QED) is 0.596. The van der Waals surface area contributed by atoms with Gasteiger partial charge in [-0.15, -0.1) is 0 Å². The smallest absolute Gasteiger partial charge is 0.219 e. The number of nitrogens with two attached hydrogens (primary N) is 1. The Hall–Kier alpha value is -0.570. The van der Waals surface area contributed by atoms with Gasteiger partial charge in [-0.05, 0) is 13.8 Å². The Morgan fingerprint density at radius 1 is 1.60 bits per heavy atom. The highest BCUT2D eigenvalue weighted by Gasteiger charge is 2.10. The summed E-state index contributed by atoms with van der Waals surface area (Å²) in [5, 5.41) is 2.71. The van der Waals surface area contributed by atoms with Crippen molar-refractivity contribution in [2.45, 2.75) is 32.7 Å². The number of carbonyl (C=O) groups is 1. The van der Waals surface area contributed by atoms with E-state index >= 15 is 0 Å². The average molecular weight is 144 g/mol. The third kappa shape index (κ3) is 5.56. The van der Waals surface area contributed by atoms with E-state index in [0.29, 0.717) is 13.0 Å². The Balaban J connectivity index is 3.46. The van der Waals surface area contributed by atoms with E-state index in [1.165, 1.54) is 0 Å². The fourth-order valence-corrected chi connectivity index (χ4v) is 0.451. The second kappa shape index (κ2) is 3.56. The first-order valence-corrected chi connectivity index (χ1v) is 3.51. The number of amides is 1. The van der Waals surface area contributed by atoms with Crippen LogP contribution in [0.5, 0.6) is 0 Å². The first kappa shape index (κ1) is 9.43. The molecule has 0 radical (unpaired) electrons. The minimum Gasteiger partial charge on any atom is -0.354 e. The van der Waals surface area contributed by atoms with Gasteiger partial charge in [0.05, 0.1) is 0 Å². The first-order chi connectivity index (χ1) is 4.45. The van der Waals surface area contributed by atoms with Gasteiger partial charge in [-0.1, -0.05) is 6.92 Å². The molecule has 0 bridgehead atoms. The summed E-state index contributed by atoms with van der Waals surface area (Å²) in [6.45, 7) is 6.12. The Morgan fingerprint density at radius 3 is 2.40 bits per heavy atom. The van der Waals surface area contributed by atoms with Crippen molar-refractivity contribution >= 4 is 5.91 Å². The van der Waals surface area contributed by atoms with Gasteiger partial charge in [0.1, 0.15) is 0 Å². The highest BCUT2D eigenvalue weighted by atomic mass is 16.1. The summed E-state index contributed by atoms with van der Waals surface area (Å²) in [7, 11) is 0. The Kier molecular flexibility index (Phi) is 3.36. The van der Waals surface area contributed by atoms with E-state index in [9.17, 15) is 4.79 Å². The number of hydrogen-bond donors (Lipinski definition) is 2. The third-order valence-corrected chi connectivity index (χ3v) is 1.06. The van der Waals surface area contributed by atoms with Gasteiger partial charge in [-0.2, -0.15) is 0 Å². The SMILES string of the molecule is CCC(=O)NCC(C)(C)N. The normalized spacial score (nSPS) is 11.2. The molecule has 3 heteroatoms. The lowest BCUT2D eigenvalue weighted by molar-refractivity contribution is -0.120. The van der Waals surface area contributed by atoms with E-state index in [1.807, 2.05) is 20.8 Å². The lowest BCUT2D eigenvalue weighted by atomic mass is 10.1. The summed E-state index contributed by atoms with van der Waals surface area (Å²) in [4.78, 5) is 10.7. The molecule has 0 saturated heterocycles. The Bertz CT molecular complexity index is 115. The van der Waals surface area contributed by atoms with E-state index in [1.54, 1.807) is 0 Å². The molecular weight excluding hydrogens is 128 g/mol. The number of rotatable bonds is 3. The van der Waals surface area contributed by atoms with E-state index in [-0.39, 0.29) is 11.4 Å². The molecule has 3 nitrogen and oxygen atoms in total. The summed E-state index contributed by atoms with van der Waals surface area (Å²) < 4.78 is 0. The van der Waals surface area contributed by atoms with Crippen LogP contribution in [0.3, 0.4) is 0 Å². The van der Waals surface area contributed by atoms with Gasteiger partial charge in [0, 0.05) is 18.5 Å². The second-order valence-corrected chi connectivity index (χ2v) is 3.12. The standard InChI is InChI=1S/C7H16N2O/c1-4-6(10)9-5-7(2,3)8/h4-5,8H2,1-3H3,(H,9,10). The van der Waals surface area contributed by atoms with Crippen LogP contribution in [0.2, 0.25) is 0 Å². The minimum absolute atomic E-state index is 0.0542. The van der Waals surface area contributed by atoms with Crippen LogP contribution >= 0.6 is 0 Å². The molecule has 10 heavy (non-hydrogen) atoms. The molecule has 0 aliphatic heterocycles. The van der Waals surface area contributed by atoms with Gasteiger partial charge in [0.2, 0.25) is 5.91 Å². The molecule has 0 aromatic carbocycles. The molecule has 0 aromatic rings. The second-order valence-electron chi connectivity index (χ2n) is 3.12. The first-order valence-electron chi connectivity index (χ1n) is 3.51. The monoisotopic (exact) mass is 144 g/mol. The Morgan fingerprint density at radius 2 is 2.10 bits per heavy atom. The van der Waals surface area contributed by atoms with Crippen LogP contribution in [-0.2, 0) is 4.79 Å².